The largest absolute Gasteiger partial charge is 0.497 e. The van der Waals surface area contributed by atoms with Crippen molar-refractivity contribution in [2.24, 2.45) is 12.0 Å². The number of methoxy groups -OCH3 is 1. The van der Waals surface area contributed by atoms with Crippen molar-refractivity contribution in [3.05, 3.63) is 35.9 Å². The summed E-state index contributed by atoms with van der Waals surface area (Å²) in [7, 11) is 5.58. The number of likely N-dealkylation sites (N-methyl/N-ethyl adjacent to an activating group) is 1. The highest BCUT2D eigenvalue weighted by molar-refractivity contribution is 5.79. The second kappa shape index (κ2) is 9.65. The van der Waals surface area contributed by atoms with Crippen LogP contribution >= 0.6 is 0 Å². The number of aliphatic imine (C=N–C) groups is 1. The van der Waals surface area contributed by atoms with Crippen LogP contribution in [0.4, 0.5) is 0 Å². The molecule has 0 spiro atoms. The van der Waals surface area contributed by atoms with Crippen LogP contribution in [0.2, 0.25) is 0 Å². The van der Waals surface area contributed by atoms with Gasteiger partial charge in [0.15, 0.2) is 11.8 Å². The molecule has 0 aliphatic rings. The summed E-state index contributed by atoms with van der Waals surface area (Å²) in [4.78, 5) is 6.68. The summed E-state index contributed by atoms with van der Waals surface area (Å²) < 4.78 is 12.9. The minimum absolute atomic E-state index is 0.476. The van der Waals surface area contributed by atoms with Crippen LogP contribution in [0.3, 0.4) is 0 Å². The molecular weight excluding hydrogens is 332 g/mol. The number of rotatable bonds is 8. The van der Waals surface area contributed by atoms with Gasteiger partial charge >= 0.3 is 0 Å². The lowest BCUT2D eigenvalue weighted by atomic mass is 10.3. The number of nitrogens with one attached hydrogen (secondary N) is 1. The minimum atomic E-state index is 0.476. The van der Waals surface area contributed by atoms with Crippen molar-refractivity contribution in [2.75, 3.05) is 33.9 Å². The average Bonchev–Trinajstić information content (AvgIpc) is 2.97. The lowest BCUT2D eigenvalue weighted by molar-refractivity contribution is 0.281. The molecule has 1 N–H and O–H groups in total. The fourth-order valence-electron chi connectivity index (χ4n) is 2.28. The minimum Gasteiger partial charge on any atom is -0.497 e. The molecule has 0 saturated heterocycles. The Balaban J connectivity index is 1.89. The molecular formula is C18H28N6O2. The molecule has 0 aliphatic heterocycles. The summed E-state index contributed by atoms with van der Waals surface area (Å²) in [5.74, 6) is 4.15. The lowest BCUT2D eigenvalue weighted by Gasteiger charge is -2.22. The van der Waals surface area contributed by atoms with Gasteiger partial charge in [-0.05, 0) is 38.1 Å². The Morgan fingerprint density at radius 2 is 1.92 bits per heavy atom. The van der Waals surface area contributed by atoms with Crippen LogP contribution in [0.15, 0.2) is 29.3 Å². The maximum atomic E-state index is 5.78. The average molecular weight is 360 g/mol. The molecule has 142 valence electrons. The maximum Gasteiger partial charge on any atom is 0.194 e. The lowest BCUT2D eigenvalue weighted by Crippen LogP contribution is -2.40. The first-order valence-electron chi connectivity index (χ1n) is 8.66. The molecule has 0 saturated carbocycles. The fraction of sp³-hybridized carbons (Fsp3) is 0.500. The van der Waals surface area contributed by atoms with Crippen molar-refractivity contribution < 1.29 is 9.47 Å². The summed E-state index contributed by atoms with van der Waals surface area (Å²) in [5.41, 5.74) is 0. The van der Waals surface area contributed by atoms with E-state index in [9.17, 15) is 0 Å². The molecule has 0 amide bonds. The quantitative estimate of drug-likeness (QED) is 0.569. The van der Waals surface area contributed by atoms with Gasteiger partial charge < -0.3 is 24.3 Å². The Hall–Kier alpha value is -2.77. The van der Waals surface area contributed by atoms with E-state index in [2.05, 4.69) is 20.5 Å². The monoisotopic (exact) mass is 360 g/mol. The Morgan fingerprint density at radius 1 is 1.23 bits per heavy atom. The van der Waals surface area contributed by atoms with E-state index in [4.69, 9.17) is 9.47 Å². The highest BCUT2D eigenvalue weighted by Gasteiger charge is 2.08. The van der Waals surface area contributed by atoms with Crippen molar-refractivity contribution in [3.8, 4) is 11.5 Å². The number of hydrogen-bond acceptors (Lipinski definition) is 5. The van der Waals surface area contributed by atoms with Crippen LogP contribution in [-0.4, -0.2) is 59.5 Å². The second-order valence-corrected chi connectivity index (χ2v) is 5.84. The fourth-order valence-corrected chi connectivity index (χ4v) is 2.28. The smallest absolute Gasteiger partial charge is 0.194 e. The zero-order chi connectivity index (χ0) is 18.9. The molecule has 0 radical (unpaired) electrons. The van der Waals surface area contributed by atoms with Crippen LogP contribution in [-0.2, 0) is 13.6 Å². The summed E-state index contributed by atoms with van der Waals surface area (Å²) in [6.45, 7) is 6.49. The summed E-state index contributed by atoms with van der Waals surface area (Å²) >= 11 is 0. The van der Waals surface area contributed by atoms with Crippen LogP contribution < -0.4 is 14.8 Å². The first-order valence-corrected chi connectivity index (χ1v) is 8.66. The third-order valence-electron chi connectivity index (χ3n) is 4.00. The zero-order valence-corrected chi connectivity index (χ0v) is 16.2. The molecule has 0 fully saturated rings. The Kier molecular flexibility index (Phi) is 7.25. The highest BCUT2D eigenvalue weighted by Crippen LogP contribution is 2.16. The molecule has 8 nitrogen and oxygen atoms in total. The van der Waals surface area contributed by atoms with Crippen LogP contribution in [0.1, 0.15) is 18.6 Å². The van der Waals surface area contributed by atoms with Crippen LogP contribution in [0, 0.1) is 6.92 Å². The SMILES string of the molecule is CCNC(=NCc1nnc(C)n1C)N(C)CCOc1ccc(OC)cc1. The Labute approximate surface area is 154 Å². The van der Waals surface area contributed by atoms with Crippen LogP contribution in [0.25, 0.3) is 0 Å². The van der Waals surface area contributed by atoms with E-state index in [-0.39, 0.29) is 0 Å². The van der Waals surface area contributed by atoms with E-state index < -0.39 is 0 Å². The van der Waals surface area contributed by atoms with Gasteiger partial charge in [-0.15, -0.1) is 10.2 Å². The number of hydrogen-bond donors (Lipinski definition) is 1. The van der Waals surface area contributed by atoms with Crippen molar-refractivity contribution >= 4 is 5.96 Å². The molecule has 1 aromatic heterocycles. The molecule has 0 atom stereocenters. The van der Waals surface area contributed by atoms with E-state index in [0.29, 0.717) is 19.7 Å². The number of benzene rings is 1. The van der Waals surface area contributed by atoms with Gasteiger partial charge in [-0.3, -0.25) is 0 Å². The third-order valence-corrected chi connectivity index (χ3v) is 4.00. The van der Waals surface area contributed by atoms with E-state index in [1.54, 1.807) is 7.11 Å². The number of nitrogens with zero attached hydrogens (tertiary/aromatic N) is 5. The van der Waals surface area contributed by atoms with Gasteiger partial charge in [-0.2, -0.15) is 0 Å². The number of aryl methyl sites for hydroxylation is 1. The predicted octanol–water partition coefficient (Wildman–Crippen LogP) is 1.61. The van der Waals surface area contributed by atoms with Crippen molar-refractivity contribution in [3.63, 3.8) is 0 Å². The number of aromatic nitrogens is 3. The standard InChI is InChI=1S/C18H28N6O2/c1-6-19-18(20-13-17-22-21-14(2)24(17)4)23(3)11-12-26-16-9-7-15(25-5)8-10-16/h7-10H,6,11-13H2,1-5H3,(H,19,20). The van der Waals surface area contributed by atoms with E-state index in [0.717, 1.165) is 35.7 Å². The molecule has 0 unspecified atom stereocenters. The zero-order valence-electron chi connectivity index (χ0n) is 16.2. The van der Waals surface area contributed by atoms with Gasteiger partial charge in [0.05, 0.1) is 13.7 Å². The van der Waals surface area contributed by atoms with E-state index in [1.165, 1.54) is 0 Å². The molecule has 1 aromatic carbocycles. The van der Waals surface area contributed by atoms with Crippen molar-refractivity contribution in [1.29, 1.82) is 0 Å². The third kappa shape index (κ3) is 5.37. The van der Waals surface area contributed by atoms with Crippen LogP contribution in [0.5, 0.6) is 11.5 Å². The van der Waals surface area contributed by atoms with Gasteiger partial charge in [-0.1, -0.05) is 0 Å². The van der Waals surface area contributed by atoms with Gasteiger partial charge in [-0.25, -0.2) is 4.99 Å². The molecule has 2 rings (SSSR count). The van der Waals surface area contributed by atoms with E-state index >= 15 is 0 Å². The van der Waals surface area contributed by atoms with Crippen molar-refractivity contribution in [2.45, 2.75) is 20.4 Å². The van der Waals surface area contributed by atoms with Gasteiger partial charge in [0.25, 0.3) is 0 Å². The molecule has 0 bridgehead atoms. The number of ether oxygens (including phenoxy) is 2. The molecule has 26 heavy (non-hydrogen) atoms. The summed E-state index contributed by atoms with van der Waals surface area (Å²) in [6.07, 6.45) is 0. The van der Waals surface area contributed by atoms with Gasteiger partial charge in [0, 0.05) is 20.6 Å². The summed E-state index contributed by atoms with van der Waals surface area (Å²) in [6, 6.07) is 7.56. The van der Waals surface area contributed by atoms with E-state index in [1.807, 2.05) is 61.7 Å². The maximum absolute atomic E-state index is 5.78. The number of guanidine groups is 1. The van der Waals surface area contributed by atoms with Gasteiger partial charge in [0.1, 0.15) is 30.5 Å². The predicted molar refractivity (Wildman–Crippen MR) is 102 cm³/mol. The molecule has 2 aromatic rings. The second-order valence-electron chi connectivity index (χ2n) is 5.84. The highest BCUT2D eigenvalue weighted by atomic mass is 16.5. The van der Waals surface area contributed by atoms with Crippen molar-refractivity contribution in [1.82, 2.24) is 25.0 Å². The molecule has 0 aliphatic carbocycles. The first kappa shape index (κ1) is 19.6. The topological polar surface area (TPSA) is 76.8 Å². The Morgan fingerprint density at radius 3 is 2.50 bits per heavy atom. The van der Waals surface area contributed by atoms with Gasteiger partial charge in [0.2, 0.25) is 0 Å². The Bertz CT molecular complexity index is 711. The first-order chi connectivity index (χ1) is 12.5. The molecule has 8 heteroatoms. The molecule has 1 heterocycles. The summed E-state index contributed by atoms with van der Waals surface area (Å²) in [5, 5.41) is 11.5. The normalized spacial score (nSPS) is 11.3.